The van der Waals surface area contributed by atoms with Gasteiger partial charge in [0.2, 0.25) is 5.91 Å². The number of nitrogens with one attached hydrogen (secondary N) is 1. The van der Waals surface area contributed by atoms with Crippen molar-refractivity contribution in [2.45, 2.75) is 64.7 Å². The van der Waals surface area contributed by atoms with Gasteiger partial charge in [-0.05, 0) is 30.2 Å². The van der Waals surface area contributed by atoms with E-state index in [-0.39, 0.29) is 5.91 Å². The molecule has 1 N–H and O–H groups in total. The van der Waals surface area contributed by atoms with Gasteiger partial charge in [0.15, 0.2) is 0 Å². The van der Waals surface area contributed by atoms with Crippen LogP contribution in [-0.4, -0.2) is 12.5 Å². The van der Waals surface area contributed by atoms with E-state index in [1.54, 1.807) is 6.08 Å². The molecule has 0 aliphatic rings. The zero-order chi connectivity index (χ0) is 16.8. The quantitative estimate of drug-likeness (QED) is 0.344. The van der Waals surface area contributed by atoms with E-state index in [0.29, 0.717) is 0 Å². The van der Waals surface area contributed by atoms with Gasteiger partial charge in [-0.3, -0.25) is 4.79 Å². The van der Waals surface area contributed by atoms with Crippen LogP contribution >= 0.6 is 15.9 Å². The van der Waals surface area contributed by atoms with E-state index in [0.717, 1.165) is 23.0 Å². The Morgan fingerprint density at radius 3 is 2.13 bits per heavy atom. The molecule has 1 amide bonds. The Bertz CT molecular complexity index is 453. The molecule has 0 spiro atoms. The normalized spacial score (nSPS) is 11.0. The van der Waals surface area contributed by atoms with Crippen molar-refractivity contribution in [1.29, 1.82) is 0 Å². The lowest BCUT2D eigenvalue weighted by atomic mass is 10.1. The largest absolute Gasteiger partial charge is 0.353 e. The van der Waals surface area contributed by atoms with Crippen molar-refractivity contribution in [3.05, 3.63) is 40.4 Å². The van der Waals surface area contributed by atoms with Gasteiger partial charge >= 0.3 is 0 Å². The minimum Gasteiger partial charge on any atom is -0.353 e. The second-order valence-electron chi connectivity index (χ2n) is 6.00. The van der Waals surface area contributed by atoms with E-state index >= 15 is 0 Å². The highest BCUT2D eigenvalue weighted by atomic mass is 79.9. The highest BCUT2D eigenvalue weighted by molar-refractivity contribution is 9.10. The molecule has 0 unspecified atom stereocenters. The third-order valence-corrected chi connectivity index (χ3v) is 4.41. The van der Waals surface area contributed by atoms with E-state index < -0.39 is 0 Å². The number of carbonyl (C=O) groups excluding carboxylic acids is 1. The van der Waals surface area contributed by atoms with Crippen molar-refractivity contribution in [3.8, 4) is 0 Å². The summed E-state index contributed by atoms with van der Waals surface area (Å²) < 4.78 is 1.05. The number of unbranched alkanes of at least 4 members (excludes halogenated alkanes) is 8. The molecule has 3 heteroatoms. The molecule has 0 aliphatic carbocycles. The van der Waals surface area contributed by atoms with Crippen LogP contribution < -0.4 is 5.32 Å². The SMILES string of the molecule is CCCCCCCCCCCNC(=O)C=Cc1ccc(Br)cc1. The Hall–Kier alpha value is -1.09. The van der Waals surface area contributed by atoms with Gasteiger partial charge in [-0.2, -0.15) is 0 Å². The summed E-state index contributed by atoms with van der Waals surface area (Å²) >= 11 is 3.40. The predicted molar refractivity (Wildman–Crippen MR) is 103 cm³/mol. The van der Waals surface area contributed by atoms with E-state index in [2.05, 4.69) is 28.2 Å². The molecule has 0 fully saturated rings. The number of halogens is 1. The number of benzene rings is 1. The molecule has 0 radical (unpaired) electrons. The van der Waals surface area contributed by atoms with Gasteiger partial charge in [0.1, 0.15) is 0 Å². The molecule has 0 saturated heterocycles. The van der Waals surface area contributed by atoms with Crippen LogP contribution in [0.4, 0.5) is 0 Å². The van der Waals surface area contributed by atoms with Gasteiger partial charge in [-0.25, -0.2) is 0 Å². The fraction of sp³-hybridized carbons (Fsp3) is 0.550. The fourth-order valence-corrected chi connectivity index (χ4v) is 2.72. The maximum atomic E-state index is 11.7. The van der Waals surface area contributed by atoms with Crippen molar-refractivity contribution in [3.63, 3.8) is 0 Å². The molecule has 0 atom stereocenters. The Morgan fingerprint density at radius 2 is 1.52 bits per heavy atom. The van der Waals surface area contributed by atoms with Gasteiger partial charge in [-0.15, -0.1) is 0 Å². The van der Waals surface area contributed by atoms with Crippen LogP contribution in [0, 0.1) is 0 Å². The summed E-state index contributed by atoms with van der Waals surface area (Å²) in [5.74, 6) is -0.00696. The molecule has 2 nitrogen and oxygen atoms in total. The minimum absolute atomic E-state index is 0.00696. The standard InChI is InChI=1S/C20H30BrNO/c1-2-3-4-5-6-7-8-9-10-17-22-20(23)16-13-18-11-14-19(21)15-12-18/h11-16H,2-10,17H2,1H3,(H,22,23). The van der Waals surface area contributed by atoms with Crippen LogP contribution in [-0.2, 0) is 4.79 Å². The van der Waals surface area contributed by atoms with Crippen LogP contribution in [0.3, 0.4) is 0 Å². The predicted octanol–water partition coefficient (Wildman–Crippen LogP) is 6.11. The first-order valence-corrected chi connectivity index (χ1v) is 9.73. The summed E-state index contributed by atoms with van der Waals surface area (Å²) in [6.45, 7) is 3.03. The van der Waals surface area contributed by atoms with Crippen LogP contribution in [0.25, 0.3) is 6.08 Å². The van der Waals surface area contributed by atoms with Gasteiger partial charge < -0.3 is 5.32 Å². The van der Waals surface area contributed by atoms with Crippen molar-refractivity contribution < 1.29 is 4.79 Å². The lowest BCUT2D eigenvalue weighted by Crippen LogP contribution is -2.21. The Morgan fingerprint density at radius 1 is 0.957 bits per heavy atom. The molecule has 0 aliphatic heterocycles. The molecule has 1 aromatic rings. The Kier molecular flexibility index (Phi) is 11.6. The molecule has 1 aromatic carbocycles. The fourth-order valence-electron chi connectivity index (χ4n) is 2.45. The lowest BCUT2D eigenvalue weighted by molar-refractivity contribution is -0.116. The number of rotatable bonds is 12. The summed E-state index contributed by atoms with van der Waals surface area (Å²) in [7, 11) is 0. The zero-order valence-electron chi connectivity index (χ0n) is 14.3. The topological polar surface area (TPSA) is 29.1 Å². The smallest absolute Gasteiger partial charge is 0.243 e. The van der Waals surface area contributed by atoms with E-state index in [1.807, 2.05) is 30.3 Å². The number of hydrogen-bond donors (Lipinski definition) is 1. The van der Waals surface area contributed by atoms with Crippen LogP contribution in [0.2, 0.25) is 0 Å². The van der Waals surface area contributed by atoms with Gasteiger partial charge in [0.05, 0.1) is 0 Å². The summed E-state index contributed by atoms with van der Waals surface area (Å²) in [4.78, 5) is 11.7. The van der Waals surface area contributed by atoms with Gasteiger partial charge in [0, 0.05) is 17.1 Å². The average molecular weight is 380 g/mol. The highest BCUT2D eigenvalue weighted by Crippen LogP contribution is 2.11. The Labute approximate surface area is 149 Å². The van der Waals surface area contributed by atoms with E-state index in [4.69, 9.17) is 0 Å². The lowest BCUT2D eigenvalue weighted by Gasteiger charge is -2.03. The third-order valence-electron chi connectivity index (χ3n) is 3.88. The van der Waals surface area contributed by atoms with Gasteiger partial charge in [-0.1, -0.05) is 86.4 Å². The maximum Gasteiger partial charge on any atom is 0.243 e. The van der Waals surface area contributed by atoms with E-state index in [1.165, 1.54) is 51.4 Å². The van der Waals surface area contributed by atoms with Gasteiger partial charge in [0.25, 0.3) is 0 Å². The molecule has 0 heterocycles. The molecular weight excluding hydrogens is 350 g/mol. The number of carbonyl (C=O) groups is 1. The second-order valence-corrected chi connectivity index (χ2v) is 6.92. The third kappa shape index (κ3) is 11.1. The maximum absolute atomic E-state index is 11.7. The second kappa shape index (κ2) is 13.4. The molecule has 1 rings (SSSR count). The first-order chi connectivity index (χ1) is 11.2. The summed E-state index contributed by atoms with van der Waals surface area (Å²) in [5.41, 5.74) is 1.03. The molecule has 128 valence electrons. The van der Waals surface area contributed by atoms with Crippen molar-refractivity contribution in [2.75, 3.05) is 6.54 Å². The van der Waals surface area contributed by atoms with Crippen LogP contribution in [0.1, 0.15) is 70.3 Å². The summed E-state index contributed by atoms with van der Waals surface area (Å²) in [5, 5.41) is 2.95. The zero-order valence-corrected chi connectivity index (χ0v) is 15.9. The van der Waals surface area contributed by atoms with Crippen molar-refractivity contribution >= 4 is 27.9 Å². The van der Waals surface area contributed by atoms with E-state index in [9.17, 15) is 4.79 Å². The highest BCUT2D eigenvalue weighted by Gasteiger charge is 1.96. The Balaban J connectivity index is 1.98. The molecular formula is C20H30BrNO. The summed E-state index contributed by atoms with van der Waals surface area (Å²) in [6, 6.07) is 7.91. The first-order valence-electron chi connectivity index (χ1n) is 8.94. The van der Waals surface area contributed by atoms with Crippen LogP contribution in [0.15, 0.2) is 34.8 Å². The number of amides is 1. The molecule has 0 bridgehead atoms. The molecule has 23 heavy (non-hydrogen) atoms. The average Bonchev–Trinajstić information content (AvgIpc) is 2.56. The molecule has 0 saturated carbocycles. The molecule has 0 aromatic heterocycles. The number of hydrogen-bond acceptors (Lipinski definition) is 1. The monoisotopic (exact) mass is 379 g/mol. The summed E-state index contributed by atoms with van der Waals surface area (Å²) in [6.07, 6.45) is 15.2. The van der Waals surface area contributed by atoms with Crippen molar-refractivity contribution in [2.24, 2.45) is 0 Å². The van der Waals surface area contributed by atoms with Crippen LogP contribution in [0.5, 0.6) is 0 Å². The first kappa shape index (κ1) is 20.0. The minimum atomic E-state index is -0.00696. The van der Waals surface area contributed by atoms with Crippen molar-refractivity contribution in [1.82, 2.24) is 5.32 Å².